The zero-order valence-electron chi connectivity index (χ0n) is 14.4. The van der Waals surface area contributed by atoms with Gasteiger partial charge in [0.1, 0.15) is 5.82 Å². The molecule has 0 aliphatic carbocycles. The number of aromatic nitrogens is 2. The number of benzene rings is 1. The Balaban J connectivity index is 1.63. The van der Waals surface area contributed by atoms with E-state index in [1.54, 1.807) is 6.07 Å². The van der Waals surface area contributed by atoms with Gasteiger partial charge in [0.2, 0.25) is 0 Å². The summed E-state index contributed by atoms with van der Waals surface area (Å²) in [7, 11) is 0. The number of aliphatic hydroxyl groups excluding tert-OH is 1. The van der Waals surface area contributed by atoms with E-state index < -0.39 is 0 Å². The predicted octanol–water partition coefficient (Wildman–Crippen LogP) is 1.95. The first kappa shape index (κ1) is 16.9. The van der Waals surface area contributed by atoms with Gasteiger partial charge in [-0.25, -0.2) is 4.39 Å². The van der Waals surface area contributed by atoms with Gasteiger partial charge in [-0.05, 0) is 26.0 Å². The first-order valence-electron chi connectivity index (χ1n) is 8.45. The van der Waals surface area contributed by atoms with Gasteiger partial charge in [0, 0.05) is 44.0 Å². The maximum atomic E-state index is 13.9. The Kier molecular flexibility index (Phi) is 5.16. The molecule has 1 aliphatic heterocycles. The van der Waals surface area contributed by atoms with Crippen LogP contribution in [-0.4, -0.2) is 52.6 Å². The number of nitrogens with zero attached hydrogens (tertiary/aromatic N) is 4. The van der Waals surface area contributed by atoms with Crippen molar-refractivity contribution in [1.82, 2.24) is 14.7 Å². The molecule has 0 bridgehead atoms. The first-order valence-corrected chi connectivity index (χ1v) is 8.45. The minimum absolute atomic E-state index is 0.0999. The zero-order valence-corrected chi connectivity index (χ0v) is 14.4. The Bertz CT molecular complexity index is 692. The number of rotatable bonds is 5. The quantitative estimate of drug-likeness (QED) is 0.909. The van der Waals surface area contributed by atoms with Crippen LogP contribution in [0, 0.1) is 19.7 Å². The maximum absolute atomic E-state index is 13.9. The number of anilines is 1. The molecule has 6 heteroatoms. The topological polar surface area (TPSA) is 44.5 Å². The Morgan fingerprint density at radius 3 is 2.50 bits per heavy atom. The van der Waals surface area contributed by atoms with Crippen molar-refractivity contribution in [3.8, 4) is 0 Å². The van der Waals surface area contributed by atoms with Gasteiger partial charge < -0.3 is 10.0 Å². The highest BCUT2D eigenvalue weighted by Gasteiger charge is 2.21. The molecule has 2 heterocycles. The molecular formula is C18H25FN4O. The highest BCUT2D eigenvalue weighted by atomic mass is 19.1. The molecule has 3 rings (SSSR count). The van der Waals surface area contributed by atoms with Gasteiger partial charge >= 0.3 is 0 Å². The van der Waals surface area contributed by atoms with Crippen molar-refractivity contribution < 1.29 is 9.50 Å². The van der Waals surface area contributed by atoms with Gasteiger partial charge in [-0.2, -0.15) is 5.10 Å². The van der Waals surface area contributed by atoms with Crippen molar-refractivity contribution in [3.63, 3.8) is 0 Å². The van der Waals surface area contributed by atoms with E-state index in [0.29, 0.717) is 12.2 Å². The van der Waals surface area contributed by atoms with E-state index in [0.717, 1.165) is 44.1 Å². The Morgan fingerprint density at radius 1 is 1.12 bits per heavy atom. The van der Waals surface area contributed by atoms with Crippen molar-refractivity contribution in [2.45, 2.75) is 26.9 Å². The number of piperazine rings is 1. The average molecular weight is 332 g/mol. The standard InChI is InChI=1S/C18H25FN4O/c1-14-16(15(2)23(20-14)11-12-24)13-21-7-9-22(10-8-21)18-6-4-3-5-17(18)19/h3-6,24H,7-13H2,1-2H3. The third-order valence-electron chi connectivity index (χ3n) is 4.79. The SMILES string of the molecule is Cc1nn(CCO)c(C)c1CN1CCN(c2ccccc2F)CC1. The molecule has 1 aliphatic rings. The Hall–Kier alpha value is -1.92. The number of hydrogen-bond acceptors (Lipinski definition) is 4. The number of aryl methyl sites for hydroxylation is 1. The van der Waals surface area contributed by atoms with Gasteiger partial charge in [0.15, 0.2) is 0 Å². The molecule has 0 radical (unpaired) electrons. The lowest BCUT2D eigenvalue weighted by molar-refractivity contribution is 0.247. The van der Waals surface area contributed by atoms with Crippen LogP contribution in [0.3, 0.4) is 0 Å². The molecule has 5 nitrogen and oxygen atoms in total. The summed E-state index contributed by atoms with van der Waals surface area (Å²) in [4.78, 5) is 4.50. The van der Waals surface area contributed by atoms with E-state index >= 15 is 0 Å². The summed E-state index contributed by atoms with van der Waals surface area (Å²) in [5, 5.41) is 13.6. The molecule has 0 atom stereocenters. The van der Waals surface area contributed by atoms with E-state index in [9.17, 15) is 4.39 Å². The van der Waals surface area contributed by atoms with Crippen LogP contribution in [0.25, 0.3) is 0 Å². The molecule has 0 amide bonds. The second-order valence-corrected chi connectivity index (χ2v) is 6.31. The lowest BCUT2D eigenvalue weighted by Gasteiger charge is -2.36. The molecule has 1 aromatic carbocycles. The first-order chi connectivity index (χ1) is 11.6. The molecule has 1 fully saturated rings. The van der Waals surface area contributed by atoms with Crippen LogP contribution in [0.4, 0.5) is 10.1 Å². The lowest BCUT2D eigenvalue weighted by atomic mass is 10.1. The molecule has 24 heavy (non-hydrogen) atoms. The minimum Gasteiger partial charge on any atom is -0.394 e. The lowest BCUT2D eigenvalue weighted by Crippen LogP contribution is -2.46. The number of hydrogen-bond donors (Lipinski definition) is 1. The third kappa shape index (κ3) is 3.44. The van der Waals surface area contributed by atoms with E-state index in [4.69, 9.17) is 5.11 Å². The maximum Gasteiger partial charge on any atom is 0.146 e. The molecule has 130 valence electrons. The average Bonchev–Trinajstić information content (AvgIpc) is 2.84. The monoisotopic (exact) mass is 332 g/mol. The van der Waals surface area contributed by atoms with Gasteiger partial charge in [0.25, 0.3) is 0 Å². The van der Waals surface area contributed by atoms with Gasteiger partial charge in [-0.1, -0.05) is 12.1 Å². The fourth-order valence-electron chi connectivity index (χ4n) is 3.35. The molecule has 0 unspecified atom stereocenters. The summed E-state index contributed by atoms with van der Waals surface area (Å²) in [6.07, 6.45) is 0. The molecule has 1 aromatic heterocycles. The molecule has 1 N–H and O–H groups in total. The van der Waals surface area contributed by atoms with Gasteiger partial charge in [-0.15, -0.1) is 0 Å². The van der Waals surface area contributed by atoms with Crippen LogP contribution < -0.4 is 4.90 Å². The normalized spacial score (nSPS) is 15.9. The summed E-state index contributed by atoms with van der Waals surface area (Å²) in [6, 6.07) is 6.97. The summed E-state index contributed by atoms with van der Waals surface area (Å²) in [5.41, 5.74) is 4.08. The second-order valence-electron chi connectivity index (χ2n) is 6.31. The van der Waals surface area contributed by atoms with Gasteiger partial charge in [-0.3, -0.25) is 9.58 Å². The molecule has 0 saturated carbocycles. The summed E-state index contributed by atoms with van der Waals surface area (Å²) >= 11 is 0. The fourth-order valence-corrected chi connectivity index (χ4v) is 3.35. The second kappa shape index (κ2) is 7.32. The van der Waals surface area contributed by atoms with Crippen molar-refractivity contribution in [1.29, 1.82) is 0 Å². The molecular weight excluding hydrogens is 307 g/mol. The van der Waals surface area contributed by atoms with Crippen LogP contribution >= 0.6 is 0 Å². The van der Waals surface area contributed by atoms with Gasteiger partial charge in [0.05, 0.1) is 24.5 Å². The Morgan fingerprint density at radius 2 is 1.83 bits per heavy atom. The van der Waals surface area contributed by atoms with Crippen molar-refractivity contribution in [2.24, 2.45) is 0 Å². The Labute approximate surface area is 142 Å². The van der Waals surface area contributed by atoms with E-state index in [1.807, 2.05) is 23.7 Å². The van der Waals surface area contributed by atoms with Crippen LogP contribution in [0.5, 0.6) is 0 Å². The molecule has 1 saturated heterocycles. The fraction of sp³-hybridized carbons (Fsp3) is 0.500. The molecule has 0 spiro atoms. The van der Waals surface area contributed by atoms with Crippen LogP contribution in [0.2, 0.25) is 0 Å². The zero-order chi connectivity index (χ0) is 17.1. The predicted molar refractivity (Wildman–Crippen MR) is 92.7 cm³/mol. The highest BCUT2D eigenvalue weighted by Crippen LogP contribution is 2.22. The number of halogens is 1. The van der Waals surface area contributed by atoms with E-state index in [2.05, 4.69) is 21.8 Å². The van der Waals surface area contributed by atoms with E-state index in [-0.39, 0.29) is 12.4 Å². The highest BCUT2D eigenvalue weighted by molar-refractivity contribution is 5.48. The summed E-state index contributed by atoms with van der Waals surface area (Å²) < 4.78 is 15.8. The van der Waals surface area contributed by atoms with Crippen LogP contribution in [0.1, 0.15) is 17.0 Å². The smallest absolute Gasteiger partial charge is 0.146 e. The number of aliphatic hydroxyl groups is 1. The number of para-hydroxylation sites is 1. The van der Waals surface area contributed by atoms with Crippen molar-refractivity contribution in [3.05, 3.63) is 47.0 Å². The van der Waals surface area contributed by atoms with Crippen LogP contribution in [0.15, 0.2) is 24.3 Å². The minimum atomic E-state index is -0.150. The van der Waals surface area contributed by atoms with Crippen molar-refractivity contribution in [2.75, 3.05) is 37.7 Å². The summed E-state index contributed by atoms with van der Waals surface area (Å²) in [5.74, 6) is -0.150. The molecule has 2 aromatic rings. The van der Waals surface area contributed by atoms with E-state index in [1.165, 1.54) is 11.6 Å². The van der Waals surface area contributed by atoms with Crippen molar-refractivity contribution >= 4 is 5.69 Å². The largest absolute Gasteiger partial charge is 0.394 e. The van der Waals surface area contributed by atoms with Crippen LogP contribution in [-0.2, 0) is 13.1 Å². The third-order valence-corrected chi connectivity index (χ3v) is 4.79. The summed E-state index contributed by atoms with van der Waals surface area (Å²) in [6.45, 7) is 9.02.